The molecule has 0 aromatic heterocycles. The predicted molar refractivity (Wildman–Crippen MR) is 71.4 cm³/mol. The second-order valence-corrected chi connectivity index (χ2v) is 4.27. The van der Waals surface area contributed by atoms with Crippen molar-refractivity contribution in [2.24, 2.45) is 0 Å². The van der Waals surface area contributed by atoms with Crippen LogP contribution in [0.2, 0.25) is 0 Å². The zero-order valence-corrected chi connectivity index (χ0v) is 10.4. The van der Waals surface area contributed by atoms with E-state index in [0.717, 1.165) is 17.0 Å². The normalized spacial score (nSPS) is 17.1. The molecule has 0 aliphatic carbocycles. The number of carbonyl (C=O) groups excluding carboxylic acids is 1. The van der Waals surface area contributed by atoms with Crippen molar-refractivity contribution in [2.45, 2.75) is 6.04 Å². The van der Waals surface area contributed by atoms with Gasteiger partial charge in [0.2, 0.25) is 0 Å². The summed E-state index contributed by atoms with van der Waals surface area (Å²) in [6, 6.07) is 14.3. The lowest BCUT2D eigenvalue weighted by atomic mass is 10.0. The van der Waals surface area contributed by atoms with E-state index in [0.29, 0.717) is 5.75 Å². The van der Waals surface area contributed by atoms with Gasteiger partial charge in [-0.15, -0.1) is 0 Å². The SMILES string of the molecule is COc1ccc([C@H]2Nc3ccccc3OC2=O)cc1. The molecule has 0 saturated heterocycles. The van der Waals surface area contributed by atoms with Gasteiger partial charge in [0.25, 0.3) is 0 Å². The van der Waals surface area contributed by atoms with Gasteiger partial charge in [0, 0.05) is 0 Å². The van der Waals surface area contributed by atoms with Gasteiger partial charge in [-0.1, -0.05) is 24.3 Å². The van der Waals surface area contributed by atoms with Gasteiger partial charge in [0.1, 0.15) is 5.75 Å². The number of para-hydroxylation sites is 2. The average molecular weight is 255 g/mol. The minimum absolute atomic E-state index is 0.302. The van der Waals surface area contributed by atoms with Crippen LogP contribution in [0.1, 0.15) is 11.6 Å². The first-order valence-electron chi connectivity index (χ1n) is 5.99. The Bertz CT molecular complexity index is 607. The summed E-state index contributed by atoms with van der Waals surface area (Å²) in [7, 11) is 1.61. The number of nitrogens with one attached hydrogen (secondary N) is 1. The van der Waals surface area contributed by atoms with E-state index >= 15 is 0 Å². The first-order valence-corrected chi connectivity index (χ1v) is 5.99. The van der Waals surface area contributed by atoms with Gasteiger partial charge in [-0.25, -0.2) is 4.79 Å². The lowest BCUT2D eigenvalue weighted by Gasteiger charge is -2.25. The maximum Gasteiger partial charge on any atom is 0.338 e. The van der Waals surface area contributed by atoms with E-state index in [1.165, 1.54) is 0 Å². The van der Waals surface area contributed by atoms with Crippen molar-refractivity contribution in [1.29, 1.82) is 0 Å². The molecule has 19 heavy (non-hydrogen) atoms. The predicted octanol–water partition coefficient (Wildman–Crippen LogP) is 2.77. The molecule has 1 aliphatic rings. The van der Waals surface area contributed by atoms with Gasteiger partial charge < -0.3 is 14.8 Å². The fraction of sp³-hybridized carbons (Fsp3) is 0.133. The molecule has 0 amide bonds. The first-order chi connectivity index (χ1) is 9.28. The number of fused-ring (bicyclic) bond motifs is 1. The van der Waals surface area contributed by atoms with Crippen molar-refractivity contribution in [3.05, 3.63) is 54.1 Å². The number of carbonyl (C=O) groups is 1. The topological polar surface area (TPSA) is 47.6 Å². The second kappa shape index (κ2) is 4.65. The van der Waals surface area contributed by atoms with Gasteiger partial charge in [-0.05, 0) is 29.8 Å². The Morgan fingerprint density at radius 1 is 1.11 bits per heavy atom. The quantitative estimate of drug-likeness (QED) is 0.662. The van der Waals surface area contributed by atoms with Crippen LogP contribution < -0.4 is 14.8 Å². The molecular weight excluding hydrogens is 242 g/mol. The van der Waals surface area contributed by atoms with Crippen molar-refractivity contribution in [1.82, 2.24) is 0 Å². The monoisotopic (exact) mass is 255 g/mol. The molecule has 1 heterocycles. The van der Waals surface area contributed by atoms with Crippen LogP contribution in [0.25, 0.3) is 0 Å². The molecule has 2 aromatic rings. The third-order valence-corrected chi connectivity index (χ3v) is 3.08. The number of methoxy groups -OCH3 is 1. The third-order valence-electron chi connectivity index (χ3n) is 3.08. The minimum Gasteiger partial charge on any atom is -0.497 e. The van der Waals surface area contributed by atoms with Crippen LogP contribution in [0.15, 0.2) is 48.5 Å². The lowest BCUT2D eigenvalue weighted by molar-refractivity contribution is -0.136. The van der Waals surface area contributed by atoms with E-state index in [9.17, 15) is 4.79 Å². The van der Waals surface area contributed by atoms with Crippen LogP contribution in [0.3, 0.4) is 0 Å². The number of esters is 1. The Labute approximate surface area is 111 Å². The van der Waals surface area contributed by atoms with E-state index in [4.69, 9.17) is 9.47 Å². The Morgan fingerprint density at radius 3 is 2.58 bits per heavy atom. The van der Waals surface area contributed by atoms with Crippen molar-refractivity contribution in [3.8, 4) is 11.5 Å². The van der Waals surface area contributed by atoms with Crippen LogP contribution in [0.5, 0.6) is 11.5 Å². The fourth-order valence-electron chi connectivity index (χ4n) is 2.07. The molecule has 4 nitrogen and oxygen atoms in total. The number of anilines is 1. The van der Waals surface area contributed by atoms with E-state index in [1.807, 2.05) is 42.5 Å². The summed E-state index contributed by atoms with van der Waals surface area (Å²) in [6.07, 6.45) is 0. The van der Waals surface area contributed by atoms with Gasteiger partial charge >= 0.3 is 5.97 Å². The molecule has 3 rings (SSSR count). The Hall–Kier alpha value is -2.49. The van der Waals surface area contributed by atoms with Gasteiger partial charge in [-0.3, -0.25) is 0 Å². The smallest absolute Gasteiger partial charge is 0.338 e. The molecule has 0 fully saturated rings. The number of hydrogen-bond acceptors (Lipinski definition) is 4. The standard InChI is InChI=1S/C15H13NO3/c1-18-11-8-6-10(7-9-11)14-15(17)19-13-5-3-2-4-12(13)16-14/h2-9,14,16H,1H3/t14-/m1/s1. The van der Waals surface area contributed by atoms with Crippen LogP contribution in [-0.2, 0) is 4.79 Å². The average Bonchev–Trinajstić information content (AvgIpc) is 2.47. The molecule has 0 spiro atoms. The van der Waals surface area contributed by atoms with E-state index in [1.54, 1.807) is 13.2 Å². The highest BCUT2D eigenvalue weighted by atomic mass is 16.5. The van der Waals surface area contributed by atoms with Gasteiger partial charge in [0.15, 0.2) is 11.8 Å². The van der Waals surface area contributed by atoms with Crippen LogP contribution >= 0.6 is 0 Å². The van der Waals surface area contributed by atoms with Crippen molar-refractivity contribution in [3.63, 3.8) is 0 Å². The van der Waals surface area contributed by atoms with E-state index in [2.05, 4.69) is 5.32 Å². The summed E-state index contributed by atoms with van der Waals surface area (Å²) in [6.45, 7) is 0. The van der Waals surface area contributed by atoms with Crippen molar-refractivity contribution in [2.75, 3.05) is 12.4 Å². The molecule has 1 aliphatic heterocycles. The van der Waals surface area contributed by atoms with E-state index < -0.39 is 6.04 Å². The Kier molecular flexibility index (Phi) is 2.83. The van der Waals surface area contributed by atoms with Crippen LogP contribution in [0.4, 0.5) is 5.69 Å². The zero-order valence-electron chi connectivity index (χ0n) is 10.4. The third kappa shape index (κ3) is 2.12. The summed E-state index contributed by atoms with van der Waals surface area (Å²) in [5.41, 5.74) is 1.67. The summed E-state index contributed by atoms with van der Waals surface area (Å²) in [5.74, 6) is 1.02. The molecule has 0 bridgehead atoms. The Balaban J connectivity index is 1.91. The minimum atomic E-state index is -0.485. The lowest BCUT2D eigenvalue weighted by Crippen LogP contribution is -2.29. The fourth-order valence-corrected chi connectivity index (χ4v) is 2.07. The van der Waals surface area contributed by atoms with Crippen LogP contribution in [-0.4, -0.2) is 13.1 Å². The molecule has 1 N–H and O–H groups in total. The molecule has 96 valence electrons. The van der Waals surface area contributed by atoms with Crippen molar-refractivity contribution < 1.29 is 14.3 Å². The summed E-state index contributed by atoms with van der Waals surface area (Å²) in [5, 5.41) is 3.19. The molecule has 2 aromatic carbocycles. The second-order valence-electron chi connectivity index (χ2n) is 4.27. The maximum atomic E-state index is 12.0. The summed E-state index contributed by atoms with van der Waals surface area (Å²) < 4.78 is 10.4. The first kappa shape index (κ1) is 11.6. The number of hydrogen-bond donors (Lipinski definition) is 1. The molecular formula is C15H13NO3. The van der Waals surface area contributed by atoms with Gasteiger partial charge in [0.05, 0.1) is 12.8 Å². The van der Waals surface area contributed by atoms with Crippen molar-refractivity contribution >= 4 is 11.7 Å². The zero-order chi connectivity index (χ0) is 13.2. The van der Waals surface area contributed by atoms with Gasteiger partial charge in [-0.2, -0.15) is 0 Å². The Morgan fingerprint density at radius 2 is 1.84 bits per heavy atom. The molecule has 0 unspecified atom stereocenters. The maximum absolute atomic E-state index is 12.0. The van der Waals surface area contributed by atoms with E-state index in [-0.39, 0.29) is 5.97 Å². The summed E-state index contributed by atoms with van der Waals surface area (Å²) >= 11 is 0. The molecule has 1 atom stereocenters. The molecule has 0 radical (unpaired) electrons. The summed E-state index contributed by atoms with van der Waals surface area (Å²) in [4.78, 5) is 12.0. The largest absolute Gasteiger partial charge is 0.497 e. The number of benzene rings is 2. The highest BCUT2D eigenvalue weighted by Crippen LogP contribution is 2.34. The number of ether oxygens (including phenoxy) is 2. The highest BCUT2D eigenvalue weighted by Gasteiger charge is 2.28. The highest BCUT2D eigenvalue weighted by molar-refractivity contribution is 5.87. The molecule has 4 heteroatoms. The molecule has 0 saturated carbocycles. The van der Waals surface area contributed by atoms with Crippen LogP contribution in [0, 0.1) is 0 Å². The number of rotatable bonds is 2.